The van der Waals surface area contributed by atoms with Crippen molar-refractivity contribution in [2.45, 2.75) is 13.5 Å². The Bertz CT molecular complexity index is 828. The van der Waals surface area contributed by atoms with Crippen molar-refractivity contribution in [3.05, 3.63) is 70.9 Å². The first-order valence-corrected chi connectivity index (χ1v) is 7.36. The molecule has 7 heteroatoms. The SMILES string of the molecule is Cc1cnc(C(=O)Nc2ccnn2Cc2cccc(Cl)c2)cn1. The molecule has 0 unspecified atom stereocenters. The van der Waals surface area contributed by atoms with Crippen LogP contribution in [0.2, 0.25) is 5.02 Å². The lowest BCUT2D eigenvalue weighted by Crippen LogP contribution is -2.17. The van der Waals surface area contributed by atoms with E-state index in [1.165, 1.54) is 6.20 Å². The van der Waals surface area contributed by atoms with Crippen LogP contribution in [0.3, 0.4) is 0 Å². The van der Waals surface area contributed by atoms with Gasteiger partial charge >= 0.3 is 0 Å². The standard InChI is InChI=1S/C16H14ClN5O/c1-11-8-19-14(9-18-11)16(23)21-15-5-6-20-22(15)10-12-3-2-4-13(17)7-12/h2-9H,10H2,1H3,(H,21,23). The molecule has 6 nitrogen and oxygen atoms in total. The zero-order chi connectivity index (χ0) is 16.2. The van der Waals surface area contributed by atoms with Gasteiger partial charge in [0.2, 0.25) is 0 Å². The first-order chi connectivity index (χ1) is 11.1. The van der Waals surface area contributed by atoms with Gasteiger partial charge in [-0.25, -0.2) is 9.67 Å². The molecular formula is C16H14ClN5O. The number of aryl methyl sites for hydroxylation is 1. The van der Waals surface area contributed by atoms with Crippen LogP contribution in [-0.2, 0) is 6.54 Å². The average Bonchev–Trinajstić information content (AvgIpc) is 2.95. The largest absolute Gasteiger partial charge is 0.305 e. The van der Waals surface area contributed by atoms with Gasteiger partial charge in [-0.1, -0.05) is 23.7 Å². The van der Waals surface area contributed by atoms with Crippen LogP contribution in [0.5, 0.6) is 0 Å². The van der Waals surface area contributed by atoms with Crippen LogP contribution in [0.15, 0.2) is 48.9 Å². The van der Waals surface area contributed by atoms with Gasteiger partial charge in [0.25, 0.3) is 5.91 Å². The van der Waals surface area contributed by atoms with Gasteiger partial charge in [0.1, 0.15) is 11.5 Å². The summed E-state index contributed by atoms with van der Waals surface area (Å²) in [4.78, 5) is 20.3. The van der Waals surface area contributed by atoms with Gasteiger partial charge in [-0.3, -0.25) is 9.78 Å². The summed E-state index contributed by atoms with van der Waals surface area (Å²) in [5.41, 5.74) is 2.01. The molecular weight excluding hydrogens is 314 g/mol. The van der Waals surface area contributed by atoms with Crippen LogP contribution in [0.1, 0.15) is 21.7 Å². The number of anilines is 1. The van der Waals surface area contributed by atoms with E-state index in [1.807, 2.05) is 31.2 Å². The van der Waals surface area contributed by atoms with E-state index in [4.69, 9.17) is 11.6 Å². The van der Waals surface area contributed by atoms with Gasteiger partial charge in [-0.2, -0.15) is 5.10 Å². The summed E-state index contributed by atoms with van der Waals surface area (Å²) in [7, 11) is 0. The maximum absolute atomic E-state index is 12.2. The Morgan fingerprint density at radius 3 is 2.87 bits per heavy atom. The van der Waals surface area contributed by atoms with Crippen molar-refractivity contribution < 1.29 is 4.79 Å². The molecule has 0 bridgehead atoms. The Labute approximate surface area is 138 Å². The number of aromatic nitrogens is 4. The van der Waals surface area contributed by atoms with Crippen molar-refractivity contribution in [2.75, 3.05) is 5.32 Å². The first kappa shape index (κ1) is 15.2. The van der Waals surface area contributed by atoms with Gasteiger partial charge in [-0.15, -0.1) is 0 Å². The summed E-state index contributed by atoms with van der Waals surface area (Å²) in [6.45, 7) is 2.32. The predicted molar refractivity (Wildman–Crippen MR) is 87.5 cm³/mol. The molecule has 23 heavy (non-hydrogen) atoms. The minimum Gasteiger partial charge on any atom is -0.305 e. The number of rotatable bonds is 4. The van der Waals surface area contributed by atoms with Crippen molar-refractivity contribution >= 4 is 23.3 Å². The molecule has 0 spiro atoms. The minimum absolute atomic E-state index is 0.256. The highest BCUT2D eigenvalue weighted by Crippen LogP contribution is 2.15. The predicted octanol–water partition coefficient (Wildman–Crippen LogP) is 2.94. The number of benzene rings is 1. The van der Waals surface area contributed by atoms with Crippen LogP contribution >= 0.6 is 11.6 Å². The number of halogens is 1. The lowest BCUT2D eigenvalue weighted by Gasteiger charge is -2.09. The molecule has 0 saturated heterocycles. The molecule has 0 radical (unpaired) electrons. The Morgan fingerprint density at radius 1 is 1.26 bits per heavy atom. The molecule has 2 heterocycles. The summed E-state index contributed by atoms with van der Waals surface area (Å²) < 4.78 is 1.69. The molecule has 0 fully saturated rings. The van der Waals surface area contributed by atoms with Crippen LogP contribution < -0.4 is 5.32 Å². The summed E-state index contributed by atoms with van der Waals surface area (Å²) >= 11 is 5.99. The van der Waals surface area contributed by atoms with E-state index in [1.54, 1.807) is 23.1 Å². The molecule has 1 aromatic carbocycles. The highest BCUT2D eigenvalue weighted by atomic mass is 35.5. The fraction of sp³-hybridized carbons (Fsp3) is 0.125. The Kier molecular flexibility index (Phi) is 4.34. The van der Waals surface area contributed by atoms with E-state index in [-0.39, 0.29) is 11.6 Å². The molecule has 0 atom stereocenters. The highest BCUT2D eigenvalue weighted by molar-refractivity contribution is 6.30. The zero-order valence-electron chi connectivity index (χ0n) is 12.4. The van der Waals surface area contributed by atoms with Gasteiger partial charge in [0.15, 0.2) is 0 Å². The average molecular weight is 328 g/mol. The normalized spacial score (nSPS) is 10.5. The van der Waals surface area contributed by atoms with E-state index in [2.05, 4.69) is 20.4 Å². The Hall–Kier alpha value is -2.73. The number of hydrogen-bond acceptors (Lipinski definition) is 4. The minimum atomic E-state index is -0.328. The second-order valence-corrected chi connectivity index (χ2v) is 5.44. The van der Waals surface area contributed by atoms with Crippen LogP contribution in [0, 0.1) is 6.92 Å². The molecule has 0 aliphatic rings. The van der Waals surface area contributed by atoms with E-state index >= 15 is 0 Å². The maximum atomic E-state index is 12.2. The highest BCUT2D eigenvalue weighted by Gasteiger charge is 2.11. The van der Waals surface area contributed by atoms with Crippen molar-refractivity contribution in [1.29, 1.82) is 0 Å². The molecule has 1 amide bonds. The van der Waals surface area contributed by atoms with Crippen molar-refractivity contribution in [3.63, 3.8) is 0 Å². The molecule has 3 aromatic rings. The molecule has 0 saturated carbocycles. The number of carbonyl (C=O) groups is 1. The number of nitrogens with zero attached hydrogens (tertiary/aromatic N) is 4. The summed E-state index contributed by atoms with van der Waals surface area (Å²) in [6.07, 6.45) is 4.63. The van der Waals surface area contributed by atoms with Gasteiger partial charge in [-0.05, 0) is 24.6 Å². The number of amides is 1. The number of carbonyl (C=O) groups excluding carboxylic acids is 1. The van der Waals surface area contributed by atoms with Gasteiger partial charge < -0.3 is 5.32 Å². The molecule has 3 rings (SSSR count). The molecule has 2 aromatic heterocycles. The van der Waals surface area contributed by atoms with Gasteiger partial charge in [0.05, 0.1) is 24.6 Å². The first-order valence-electron chi connectivity index (χ1n) is 6.98. The van der Waals surface area contributed by atoms with Gasteiger partial charge in [0, 0.05) is 17.3 Å². The van der Waals surface area contributed by atoms with Crippen molar-refractivity contribution in [2.24, 2.45) is 0 Å². The van der Waals surface area contributed by atoms with Crippen LogP contribution in [0.4, 0.5) is 5.82 Å². The summed E-state index contributed by atoms with van der Waals surface area (Å²) in [5.74, 6) is 0.252. The van der Waals surface area contributed by atoms with E-state index < -0.39 is 0 Å². The molecule has 0 aliphatic carbocycles. The monoisotopic (exact) mass is 327 g/mol. The maximum Gasteiger partial charge on any atom is 0.277 e. The number of nitrogens with one attached hydrogen (secondary N) is 1. The fourth-order valence-electron chi connectivity index (χ4n) is 2.06. The van der Waals surface area contributed by atoms with Crippen LogP contribution in [0.25, 0.3) is 0 Å². The van der Waals surface area contributed by atoms with Crippen LogP contribution in [-0.4, -0.2) is 25.7 Å². The Morgan fingerprint density at radius 2 is 2.13 bits per heavy atom. The summed E-state index contributed by atoms with van der Waals surface area (Å²) in [5, 5.41) is 7.67. The zero-order valence-corrected chi connectivity index (χ0v) is 13.2. The van der Waals surface area contributed by atoms with Crippen molar-refractivity contribution in [1.82, 2.24) is 19.7 Å². The van der Waals surface area contributed by atoms with Crippen molar-refractivity contribution in [3.8, 4) is 0 Å². The fourth-order valence-corrected chi connectivity index (χ4v) is 2.28. The molecule has 1 N–H and O–H groups in total. The Balaban J connectivity index is 1.75. The molecule has 116 valence electrons. The molecule has 0 aliphatic heterocycles. The number of hydrogen-bond donors (Lipinski definition) is 1. The lowest BCUT2D eigenvalue weighted by atomic mass is 10.2. The second-order valence-electron chi connectivity index (χ2n) is 5.00. The topological polar surface area (TPSA) is 72.7 Å². The smallest absolute Gasteiger partial charge is 0.277 e. The van der Waals surface area contributed by atoms with E-state index in [0.717, 1.165) is 11.3 Å². The third-order valence-electron chi connectivity index (χ3n) is 3.19. The summed E-state index contributed by atoms with van der Waals surface area (Å²) in [6, 6.07) is 9.23. The second kappa shape index (κ2) is 6.58. The van der Waals surface area contributed by atoms with E-state index in [9.17, 15) is 4.79 Å². The lowest BCUT2D eigenvalue weighted by molar-refractivity contribution is 0.102. The quantitative estimate of drug-likeness (QED) is 0.799. The van der Waals surface area contributed by atoms with E-state index in [0.29, 0.717) is 17.4 Å². The third kappa shape index (κ3) is 3.73. The third-order valence-corrected chi connectivity index (χ3v) is 3.43.